The van der Waals surface area contributed by atoms with Crippen molar-refractivity contribution < 1.29 is 4.79 Å². The lowest BCUT2D eigenvalue weighted by Gasteiger charge is -2.28. The minimum absolute atomic E-state index is 0.234. The smallest absolute Gasteiger partial charge is 0.222 e. The Kier molecular flexibility index (Phi) is 8.76. The van der Waals surface area contributed by atoms with Crippen LogP contribution in [-0.4, -0.2) is 42.4 Å². The van der Waals surface area contributed by atoms with E-state index in [0.717, 1.165) is 18.6 Å². The molecule has 96 valence electrons. The summed E-state index contributed by atoms with van der Waals surface area (Å²) in [6.07, 6.45) is 4.67. The number of nitrogens with two attached hydrogens (primary N) is 1. The number of amides is 1. The highest BCUT2D eigenvalue weighted by atomic mass is 32.2. The topological polar surface area (TPSA) is 46.3 Å². The molecule has 0 aromatic heterocycles. The summed E-state index contributed by atoms with van der Waals surface area (Å²) in [6.45, 7) is 4.82. The maximum Gasteiger partial charge on any atom is 0.222 e. The number of thioether (sulfide) groups is 1. The van der Waals surface area contributed by atoms with Crippen molar-refractivity contribution in [1.82, 2.24) is 4.90 Å². The van der Waals surface area contributed by atoms with Gasteiger partial charge in [0.25, 0.3) is 0 Å². The van der Waals surface area contributed by atoms with Crippen molar-refractivity contribution in [3.63, 3.8) is 0 Å². The van der Waals surface area contributed by atoms with E-state index < -0.39 is 0 Å². The van der Waals surface area contributed by atoms with Gasteiger partial charge in [-0.1, -0.05) is 20.3 Å². The van der Waals surface area contributed by atoms with Crippen LogP contribution in [0.4, 0.5) is 0 Å². The van der Waals surface area contributed by atoms with Gasteiger partial charge >= 0.3 is 0 Å². The van der Waals surface area contributed by atoms with Crippen LogP contribution in [0, 0.1) is 5.92 Å². The largest absolute Gasteiger partial charge is 0.342 e. The number of carbonyl (C=O) groups is 1. The van der Waals surface area contributed by atoms with Crippen LogP contribution in [0.25, 0.3) is 0 Å². The average Bonchev–Trinajstić information content (AvgIpc) is 2.31. The summed E-state index contributed by atoms with van der Waals surface area (Å²) in [5.41, 5.74) is 5.62. The van der Waals surface area contributed by atoms with E-state index in [0.29, 0.717) is 24.9 Å². The Balaban J connectivity index is 4.23. The standard InChI is InChI=1S/C12H26N2OS/c1-5-10(8-13)7-12(15)14(3)11(6-2)9-16-4/h10-11H,5-9,13H2,1-4H3. The van der Waals surface area contributed by atoms with Gasteiger partial charge in [0.15, 0.2) is 0 Å². The summed E-state index contributed by atoms with van der Waals surface area (Å²) >= 11 is 1.79. The Bertz CT molecular complexity index is 195. The van der Waals surface area contributed by atoms with Gasteiger partial charge in [0, 0.05) is 25.3 Å². The van der Waals surface area contributed by atoms with Crippen molar-refractivity contribution in [2.75, 3.05) is 25.6 Å². The Hall–Kier alpha value is -0.220. The first-order chi connectivity index (χ1) is 7.60. The number of nitrogens with zero attached hydrogens (tertiary/aromatic N) is 1. The second-order valence-electron chi connectivity index (χ2n) is 4.24. The fraction of sp³-hybridized carbons (Fsp3) is 0.917. The van der Waals surface area contributed by atoms with Gasteiger partial charge < -0.3 is 10.6 Å². The molecule has 2 N–H and O–H groups in total. The lowest BCUT2D eigenvalue weighted by atomic mass is 10.0. The first kappa shape index (κ1) is 15.8. The van der Waals surface area contributed by atoms with E-state index >= 15 is 0 Å². The van der Waals surface area contributed by atoms with E-state index in [1.54, 1.807) is 11.8 Å². The van der Waals surface area contributed by atoms with Crippen LogP contribution in [0.1, 0.15) is 33.1 Å². The summed E-state index contributed by atoms with van der Waals surface area (Å²) in [7, 11) is 1.91. The predicted molar refractivity (Wildman–Crippen MR) is 72.7 cm³/mol. The summed E-state index contributed by atoms with van der Waals surface area (Å²) in [5.74, 6) is 1.58. The zero-order chi connectivity index (χ0) is 12.6. The average molecular weight is 246 g/mol. The van der Waals surface area contributed by atoms with Gasteiger partial charge in [-0.3, -0.25) is 4.79 Å². The first-order valence-electron chi connectivity index (χ1n) is 6.05. The lowest BCUT2D eigenvalue weighted by Crippen LogP contribution is -2.39. The Labute approximate surface area is 104 Å². The molecule has 0 saturated heterocycles. The van der Waals surface area contributed by atoms with Gasteiger partial charge in [-0.25, -0.2) is 0 Å². The van der Waals surface area contributed by atoms with Gasteiger partial charge in [0.05, 0.1) is 0 Å². The summed E-state index contributed by atoms with van der Waals surface area (Å²) in [6, 6.07) is 0.359. The van der Waals surface area contributed by atoms with Crippen molar-refractivity contribution >= 4 is 17.7 Å². The van der Waals surface area contributed by atoms with E-state index in [9.17, 15) is 4.79 Å². The molecule has 4 heteroatoms. The molecule has 0 aliphatic carbocycles. The quantitative estimate of drug-likeness (QED) is 0.712. The van der Waals surface area contributed by atoms with Crippen molar-refractivity contribution in [3.05, 3.63) is 0 Å². The lowest BCUT2D eigenvalue weighted by molar-refractivity contribution is -0.132. The van der Waals surface area contributed by atoms with Crippen LogP contribution in [0.5, 0.6) is 0 Å². The molecule has 0 heterocycles. The van der Waals surface area contributed by atoms with Crippen molar-refractivity contribution in [3.8, 4) is 0 Å². The third-order valence-electron chi connectivity index (χ3n) is 3.15. The van der Waals surface area contributed by atoms with Gasteiger partial charge in [0.2, 0.25) is 5.91 Å². The van der Waals surface area contributed by atoms with E-state index in [4.69, 9.17) is 5.73 Å². The Morgan fingerprint density at radius 2 is 2.00 bits per heavy atom. The minimum Gasteiger partial charge on any atom is -0.342 e. The zero-order valence-electron chi connectivity index (χ0n) is 11.0. The SMILES string of the molecule is CCC(CN)CC(=O)N(C)C(CC)CSC. The molecule has 1 amide bonds. The number of hydrogen-bond acceptors (Lipinski definition) is 3. The molecule has 0 radical (unpaired) electrons. The molecule has 3 nitrogen and oxygen atoms in total. The second-order valence-corrected chi connectivity index (χ2v) is 5.15. The minimum atomic E-state index is 0.234. The van der Waals surface area contributed by atoms with E-state index in [2.05, 4.69) is 20.1 Å². The normalized spacial score (nSPS) is 14.6. The fourth-order valence-electron chi connectivity index (χ4n) is 1.68. The molecule has 0 aliphatic heterocycles. The molecule has 16 heavy (non-hydrogen) atoms. The molecule has 0 fully saturated rings. The monoisotopic (exact) mass is 246 g/mol. The molecular weight excluding hydrogens is 220 g/mol. The molecule has 0 spiro atoms. The van der Waals surface area contributed by atoms with Crippen LogP contribution in [-0.2, 0) is 4.79 Å². The molecule has 0 saturated carbocycles. The van der Waals surface area contributed by atoms with Crippen molar-refractivity contribution in [2.45, 2.75) is 39.2 Å². The first-order valence-corrected chi connectivity index (χ1v) is 7.44. The maximum absolute atomic E-state index is 12.0. The van der Waals surface area contributed by atoms with Crippen molar-refractivity contribution in [1.29, 1.82) is 0 Å². The Morgan fingerprint density at radius 1 is 1.38 bits per heavy atom. The van der Waals surface area contributed by atoms with Crippen LogP contribution in [0.15, 0.2) is 0 Å². The third kappa shape index (κ3) is 5.21. The number of carbonyl (C=O) groups excluding carboxylic acids is 1. The van der Waals surface area contributed by atoms with Gasteiger partial charge in [-0.2, -0.15) is 11.8 Å². The molecule has 2 atom stereocenters. The van der Waals surface area contributed by atoms with Crippen LogP contribution in [0.2, 0.25) is 0 Å². The molecule has 0 aromatic carbocycles. The molecule has 0 rings (SSSR count). The summed E-state index contributed by atoms with van der Waals surface area (Å²) < 4.78 is 0. The second kappa shape index (κ2) is 8.88. The van der Waals surface area contributed by atoms with E-state index in [1.165, 1.54) is 0 Å². The van der Waals surface area contributed by atoms with Gasteiger partial charge in [0.1, 0.15) is 0 Å². The predicted octanol–water partition coefficient (Wildman–Crippen LogP) is 1.96. The molecule has 0 aliphatic rings. The number of hydrogen-bond donors (Lipinski definition) is 1. The highest BCUT2D eigenvalue weighted by Crippen LogP contribution is 2.13. The highest BCUT2D eigenvalue weighted by Gasteiger charge is 2.20. The highest BCUT2D eigenvalue weighted by molar-refractivity contribution is 7.98. The number of rotatable bonds is 8. The van der Waals surface area contributed by atoms with E-state index in [-0.39, 0.29) is 5.91 Å². The summed E-state index contributed by atoms with van der Waals surface area (Å²) in [5, 5.41) is 0. The fourth-order valence-corrected chi connectivity index (χ4v) is 2.53. The molecule has 2 unspecified atom stereocenters. The van der Waals surface area contributed by atoms with Crippen LogP contribution in [0.3, 0.4) is 0 Å². The Morgan fingerprint density at radius 3 is 2.38 bits per heavy atom. The van der Waals surface area contributed by atoms with Crippen LogP contribution < -0.4 is 5.73 Å². The molecule has 0 aromatic rings. The zero-order valence-corrected chi connectivity index (χ0v) is 11.8. The van der Waals surface area contributed by atoms with E-state index in [1.807, 2.05) is 11.9 Å². The van der Waals surface area contributed by atoms with Crippen molar-refractivity contribution in [2.24, 2.45) is 11.7 Å². The van der Waals surface area contributed by atoms with Crippen LogP contribution >= 0.6 is 11.8 Å². The molecule has 0 bridgehead atoms. The van der Waals surface area contributed by atoms with Gasteiger partial charge in [-0.15, -0.1) is 0 Å². The summed E-state index contributed by atoms with van der Waals surface area (Å²) in [4.78, 5) is 13.9. The third-order valence-corrected chi connectivity index (χ3v) is 3.86. The maximum atomic E-state index is 12.0. The molecular formula is C12H26N2OS. The van der Waals surface area contributed by atoms with Gasteiger partial charge in [-0.05, 0) is 25.1 Å².